The van der Waals surface area contributed by atoms with Crippen molar-refractivity contribution in [3.63, 3.8) is 0 Å². The number of anilines is 3. The maximum Gasteiger partial charge on any atom is 0.269 e. The third-order valence-corrected chi connectivity index (χ3v) is 8.97. The molecule has 0 saturated heterocycles. The maximum absolute atomic E-state index is 14.1. The number of phenolic OH excluding ortho intramolecular Hbond substituents is 1. The zero-order valence-corrected chi connectivity index (χ0v) is 26.0. The third kappa shape index (κ3) is 4.90. The van der Waals surface area contributed by atoms with Gasteiger partial charge in [0.1, 0.15) is 22.8 Å². The van der Waals surface area contributed by atoms with Crippen LogP contribution < -0.4 is 21.3 Å². The number of aromatic hydroxyl groups is 1. The third-order valence-electron chi connectivity index (χ3n) is 8.76. The number of hydrogen-bond acceptors (Lipinski definition) is 12. The summed E-state index contributed by atoms with van der Waals surface area (Å²) < 4.78 is 0. The van der Waals surface area contributed by atoms with E-state index < -0.39 is 68.7 Å². The van der Waals surface area contributed by atoms with E-state index in [0.29, 0.717) is 16.9 Å². The van der Waals surface area contributed by atoms with Crippen LogP contribution in [0.5, 0.6) is 5.75 Å². The van der Waals surface area contributed by atoms with Gasteiger partial charge in [0.15, 0.2) is 16.5 Å². The molecular formula is C30H32N6O9S. The predicted molar refractivity (Wildman–Crippen MR) is 172 cm³/mol. The van der Waals surface area contributed by atoms with Gasteiger partial charge in [-0.3, -0.25) is 29.4 Å². The first-order valence-corrected chi connectivity index (χ1v) is 14.4. The standard InChI is InChI=1S/C30H32N6O9S/c1-34(2)18-11-17(33-29(46)32-13-5-7-14(8-6-13)36(44)45)23(37)20-15(18)9-12-10-16-22(35(3)4)25(39)21(28(31)42)27(41)30(16,43)26(40)19(12)24(20)38/h5-8,11-12,16,22,37-38,41,43H,9-10H2,1-4H3,(H2,31,42)(H2,32,33,46)/t12-,16-,22-,30-/m1/s1. The van der Waals surface area contributed by atoms with Gasteiger partial charge in [0.2, 0.25) is 5.78 Å². The number of primary amides is 1. The van der Waals surface area contributed by atoms with Crippen LogP contribution in [0.4, 0.5) is 22.7 Å². The van der Waals surface area contributed by atoms with Crippen molar-refractivity contribution in [1.29, 1.82) is 0 Å². The summed E-state index contributed by atoms with van der Waals surface area (Å²) in [6, 6.07) is 5.87. The zero-order chi connectivity index (χ0) is 34.0. The van der Waals surface area contributed by atoms with Gasteiger partial charge in [-0.15, -0.1) is 0 Å². The Kier molecular flexibility index (Phi) is 8.00. The number of benzene rings is 2. The SMILES string of the molecule is CN(C)c1cc(NC(=S)Nc2ccc([N+](=O)[O-])cc2)c(O)c2c1C[C@@H]1C[C@@H]3[C@@H](N(C)C)C(=O)C(C(N)=O)=C(O)[C@]3(O)C(=O)C1=C2O. The minimum atomic E-state index is -2.75. The summed E-state index contributed by atoms with van der Waals surface area (Å²) in [7, 11) is 6.54. The van der Waals surface area contributed by atoms with Crippen LogP contribution in [-0.2, 0) is 20.8 Å². The second-order valence-electron chi connectivity index (χ2n) is 11.9. The Balaban J connectivity index is 1.60. The molecule has 0 spiro atoms. The number of fused-ring (bicyclic) bond motifs is 3. The molecule has 3 aliphatic carbocycles. The van der Waals surface area contributed by atoms with E-state index in [1.165, 1.54) is 43.3 Å². The van der Waals surface area contributed by atoms with Crippen LogP contribution in [0, 0.1) is 22.0 Å². The van der Waals surface area contributed by atoms with Gasteiger partial charge >= 0.3 is 0 Å². The fraction of sp³-hybridized carbons (Fsp3) is 0.333. The van der Waals surface area contributed by atoms with E-state index in [0.717, 1.165) is 0 Å². The van der Waals surface area contributed by atoms with E-state index in [-0.39, 0.29) is 40.5 Å². The van der Waals surface area contributed by atoms with E-state index in [1.807, 2.05) is 0 Å². The van der Waals surface area contributed by atoms with E-state index >= 15 is 0 Å². The molecule has 1 amide bonds. The quantitative estimate of drug-likeness (QED) is 0.0775. The molecule has 16 heteroatoms. The second kappa shape index (κ2) is 11.4. The molecule has 0 heterocycles. The number of nitro groups is 1. The van der Waals surface area contributed by atoms with Crippen molar-refractivity contribution in [2.24, 2.45) is 17.6 Å². The Labute approximate surface area is 267 Å². The van der Waals surface area contributed by atoms with Crippen LogP contribution in [0.15, 0.2) is 47.2 Å². The lowest BCUT2D eigenvalue weighted by atomic mass is 9.57. The van der Waals surface area contributed by atoms with E-state index in [4.69, 9.17) is 18.0 Å². The normalized spacial score (nSPS) is 23.8. The number of aliphatic hydroxyl groups is 3. The number of rotatable bonds is 6. The Morgan fingerprint density at radius 1 is 1.11 bits per heavy atom. The molecule has 1 saturated carbocycles. The molecule has 2 aromatic rings. The number of carbonyl (C=O) groups is 3. The highest BCUT2D eigenvalue weighted by Gasteiger charge is 2.64. The molecular weight excluding hydrogens is 620 g/mol. The Morgan fingerprint density at radius 3 is 2.28 bits per heavy atom. The lowest BCUT2D eigenvalue weighted by molar-refractivity contribution is -0.384. The number of likely N-dealkylation sites (N-methyl/N-ethyl adjacent to an activating group) is 1. The fourth-order valence-electron chi connectivity index (χ4n) is 6.74. The van der Waals surface area contributed by atoms with Gasteiger partial charge in [0.25, 0.3) is 11.6 Å². The summed E-state index contributed by atoms with van der Waals surface area (Å²) >= 11 is 5.39. The number of Topliss-reactive ketones (excluding diaryl/α,β-unsaturated/α-hetero) is 2. The molecule has 1 fully saturated rings. The van der Waals surface area contributed by atoms with Crippen LogP contribution in [0.25, 0.3) is 5.76 Å². The molecule has 0 aromatic heterocycles. The molecule has 242 valence electrons. The average molecular weight is 653 g/mol. The fourth-order valence-corrected chi connectivity index (χ4v) is 6.97. The number of amides is 1. The van der Waals surface area contributed by atoms with Gasteiger partial charge in [-0.2, -0.15) is 0 Å². The molecule has 15 nitrogen and oxygen atoms in total. The highest BCUT2D eigenvalue weighted by molar-refractivity contribution is 7.80. The van der Waals surface area contributed by atoms with Crippen LogP contribution in [0.1, 0.15) is 17.5 Å². The molecule has 0 bridgehead atoms. The summed E-state index contributed by atoms with van der Waals surface area (Å²) in [6.45, 7) is 0. The summed E-state index contributed by atoms with van der Waals surface area (Å²) in [4.78, 5) is 53.2. The number of hydrogen-bond donors (Lipinski definition) is 7. The molecule has 0 aliphatic heterocycles. The van der Waals surface area contributed by atoms with Gasteiger partial charge < -0.3 is 41.7 Å². The minimum absolute atomic E-state index is 0.00354. The summed E-state index contributed by atoms with van der Waals surface area (Å²) in [6.07, 6.45) is 0.0734. The number of thiocarbonyl (C=S) groups is 1. The number of phenols is 1. The van der Waals surface area contributed by atoms with Crippen LogP contribution in [-0.4, -0.2) is 92.7 Å². The van der Waals surface area contributed by atoms with Crippen molar-refractivity contribution in [3.8, 4) is 5.75 Å². The van der Waals surface area contributed by atoms with Gasteiger partial charge in [-0.25, -0.2) is 0 Å². The van der Waals surface area contributed by atoms with Gasteiger partial charge in [-0.05, 0) is 68.8 Å². The largest absolute Gasteiger partial charge is 0.508 e. The topological polar surface area (TPSA) is 232 Å². The summed E-state index contributed by atoms with van der Waals surface area (Å²) in [5.41, 5.74) is 2.72. The number of carbonyl (C=O) groups excluding carboxylic acids is 3. The molecule has 8 N–H and O–H groups in total. The smallest absolute Gasteiger partial charge is 0.269 e. The minimum Gasteiger partial charge on any atom is -0.508 e. The van der Waals surface area contributed by atoms with Crippen molar-refractivity contribution in [1.82, 2.24) is 4.90 Å². The second-order valence-corrected chi connectivity index (χ2v) is 12.3. The molecule has 2 aromatic carbocycles. The first kappa shape index (κ1) is 32.3. The molecule has 4 atom stereocenters. The van der Waals surface area contributed by atoms with Crippen molar-refractivity contribution in [3.05, 3.63) is 68.5 Å². The van der Waals surface area contributed by atoms with Crippen molar-refractivity contribution in [2.45, 2.75) is 24.5 Å². The zero-order valence-electron chi connectivity index (χ0n) is 25.2. The first-order chi connectivity index (χ1) is 21.5. The van der Waals surface area contributed by atoms with Crippen LogP contribution >= 0.6 is 12.2 Å². The van der Waals surface area contributed by atoms with Crippen LogP contribution in [0.2, 0.25) is 0 Å². The average Bonchev–Trinajstić information content (AvgIpc) is 2.96. The first-order valence-electron chi connectivity index (χ1n) is 14.0. The lowest BCUT2D eigenvalue weighted by Gasteiger charge is -2.50. The molecule has 0 radical (unpaired) electrons. The monoisotopic (exact) mass is 652 g/mol. The van der Waals surface area contributed by atoms with Gasteiger partial charge in [0.05, 0.1) is 22.2 Å². The molecule has 46 heavy (non-hydrogen) atoms. The van der Waals surface area contributed by atoms with Crippen molar-refractivity contribution >= 4 is 63.3 Å². The Morgan fingerprint density at radius 2 is 1.74 bits per heavy atom. The number of ketones is 2. The van der Waals surface area contributed by atoms with E-state index in [2.05, 4.69) is 10.6 Å². The van der Waals surface area contributed by atoms with Gasteiger partial charge in [0, 0.05) is 49.1 Å². The van der Waals surface area contributed by atoms with Gasteiger partial charge in [-0.1, -0.05) is 0 Å². The van der Waals surface area contributed by atoms with Crippen LogP contribution in [0.3, 0.4) is 0 Å². The Hall–Kier alpha value is -5.06. The van der Waals surface area contributed by atoms with Crippen molar-refractivity contribution < 1.29 is 39.7 Å². The number of aliphatic hydroxyl groups excluding tert-OH is 2. The summed E-state index contributed by atoms with van der Waals surface area (Å²) in [5, 5.41) is 62.6. The van der Waals surface area contributed by atoms with Crippen molar-refractivity contribution in [2.75, 3.05) is 43.7 Å². The lowest BCUT2D eigenvalue weighted by Crippen LogP contribution is -2.65. The molecule has 3 aliphatic rings. The Bertz CT molecular complexity index is 1790. The highest BCUT2D eigenvalue weighted by Crippen LogP contribution is 2.54. The number of nitrogens with two attached hydrogens (primary N) is 1. The molecule has 0 unspecified atom stereocenters. The maximum atomic E-state index is 14.1. The van der Waals surface area contributed by atoms with E-state index in [1.54, 1.807) is 25.1 Å². The number of non-ortho nitro benzene ring substituents is 1. The van der Waals surface area contributed by atoms with E-state index in [9.17, 15) is 44.9 Å². The molecule has 5 rings (SSSR count). The number of nitrogens with zero attached hydrogens (tertiary/aromatic N) is 3. The highest BCUT2D eigenvalue weighted by atomic mass is 32.1. The summed E-state index contributed by atoms with van der Waals surface area (Å²) in [5.74, 6) is -7.46. The predicted octanol–water partition coefficient (Wildman–Crippen LogP) is 1.75. The number of nitro benzene ring substituents is 1. The number of nitrogens with one attached hydrogen (secondary N) is 2.